The lowest BCUT2D eigenvalue weighted by Gasteiger charge is -2.20. The molecule has 3 amide bonds. The summed E-state index contributed by atoms with van der Waals surface area (Å²) in [6, 6.07) is 13.9. The molecule has 7 nitrogen and oxygen atoms in total. The molecule has 2 aromatic carbocycles. The van der Waals surface area contributed by atoms with Gasteiger partial charge in [0.15, 0.2) is 0 Å². The maximum Gasteiger partial charge on any atom is 0.251 e. The molecule has 31 heavy (non-hydrogen) atoms. The number of benzene rings is 2. The first kappa shape index (κ1) is 23.9. The van der Waals surface area contributed by atoms with Gasteiger partial charge in [-0.25, -0.2) is 0 Å². The molecule has 0 aliphatic rings. The molecule has 0 bridgehead atoms. The third kappa shape index (κ3) is 8.12. The molecule has 7 heteroatoms. The summed E-state index contributed by atoms with van der Waals surface area (Å²) in [4.78, 5) is 36.9. The Morgan fingerprint density at radius 2 is 1.48 bits per heavy atom. The van der Waals surface area contributed by atoms with Crippen LogP contribution >= 0.6 is 0 Å². The number of hydrogen-bond donors (Lipinski definition) is 4. The van der Waals surface area contributed by atoms with Crippen LogP contribution < -0.4 is 21.3 Å². The number of amides is 3. The van der Waals surface area contributed by atoms with Crippen molar-refractivity contribution in [1.29, 1.82) is 0 Å². The van der Waals surface area contributed by atoms with Crippen molar-refractivity contribution >= 4 is 29.1 Å². The van der Waals surface area contributed by atoms with Gasteiger partial charge >= 0.3 is 0 Å². The fourth-order valence-corrected chi connectivity index (χ4v) is 2.72. The van der Waals surface area contributed by atoms with Gasteiger partial charge in [0.1, 0.15) is 0 Å². The quantitative estimate of drug-likeness (QED) is 0.518. The lowest BCUT2D eigenvalue weighted by Crippen LogP contribution is -2.40. The van der Waals surface area contributed by atoms with Crippen molar-refractivity contribution in [2.45, 2.75) is 52.6 Å². The van der Waals surface area contributed by atoms with Gasteiger partial charge in [-0.2, -0.15) is 0 Å². The third-order valence-electron chi connectivity index (χ3n) is 4.46. The zero-order valence-corrected chi connectivity index (χ0v) is 18.8. The van der Waals surface area contributed by atoms with Crippen molar-refractivity contribution in [3.05, 3.63) is 59.7 Å². The number of carbonyl (C=O) groups excluding carboxylic acids is 3. The Hall–Kier alpha value is -3.35. The second-order valence-electron chi connectivity index (χ2n) is 8.55. The number of nitrogens with one attached hydrogen (secondary N) is 4. The second kappa shape index (κ2) is 10.6. The number of anilines is 2. The van der Waals surface area contributed by atoms with Gasteiger partial charge in [0.25, 0.3) is 11.8 Å². The van der Waals surface area contributed by atoms with Crippen molar-refractivity contribution in [3.63, 3.8) is 0 Å². The smallest absolute Gasteiger partial charge is 0.251 e. The van der Waals surface area contributed by atoms with Crippen LogP contribution in [-0.4, -0.2) is 35.8 Å². The first-order chi connectivity index (χ1) is 14.6. The molecule has 0 saturated heterocycles. The normalized spacial score (nSPS) is 11.9. The average molecular weight is 425 g/mol. The van der Waals surface area contributed by atoms with Crippen LogP contribution in [0.15, 0.2) is 48.5 Å². The standard InChI is InChI=1S/C24H32N4O3/c1-6-16(2)26-22(30)17-9-7-11-19(13-17)25-15-21(29)27-20-12-8-10-18(14-20)23(31)28-24(3,4)5/h7-14,16,25H,6,15H2,1-5H3,(H,26,30)(H,27,29)(H,28,31). The lowest BCUT2D eigenvalue weighted by molar-refractivity contribution is -0.114. The van der Waals surface area contributed by atoms with Gasteiger partial charge in [0.2, 0.25) is 5.91 Å². The van der Waals surface area contributed by atoms with Gasteiger partial charge < -0.3 is 21.3 Å². The van der Waals surface area contributed by atoms with E-state index < -0.39 is 0 Å². The summed E-state index contributed by atoms with van der Waals surface area (Å²) in [5.74, 6) is -0.607. The van der Waals surface area contributed by atoms with Crippen molar-refractivity contribution in [2.75, 3.05) is 17.2 Å². The van der Waals surface area contributed by atoms with Crippen molar-refractivity contribution in [1.82, 2.24) is 10.6 Å². The molecule has 0 aliphatic heterocycles. The van der Waals surface area contributed by atoms with E-state index >= 15 is 0 Å². The fraction of sp³-hybridized carbons (Fsp3) is 0.375. The topological polar surface area (TPSA) is 99.3 Å². The largest absolute Gasteiger partial charge is 0.376 e. The molecule has 2 aromatic rings. The minimum absolute atomic E-state index is 0.0227. The molecule has 4 N–H and O–H groups in total. The Morgan fingerprint density at radius 3 is 2.10 bits per heavy atom. The van der Waals surface area contributed by atoms with Crippen LogP contribution in [0.2, 0.25) is 0 Å². The lowest BCUT2D eigenvalue weighted by atomic mass is 10.1. The van der Waals surface area contributed by atoms with Crippen molar-refractivity contribution < 1.29 is 14.4 Å². The molecule has 0 radical (unpaired) electrons. The van der Waals surface area contributed by atoms with E-state index in [0.29, 0.717) is 22.5 Å². The summed E-state index contributed by atoms with van der Waals surface area (Å²) >= 11 is 0. The molecule has 0 aliphatic carbocycles. The highest BCUT2D eigenvalue weighted by atomic mass is 16.2. The van der Waals surface area contributed by atoms with Crippen LogP contribution in [0.5, 0.6) is 0 Å². The van der Waals surface area contributed by atoms with Crippen LogP contribution in [0.1, 0.15) is 61.8 Å². The fourth-order valence-electron chi connectivity index (χ4n) is 2.72. The van der Waals surface area contributed by atoms with Gasteiger partial charge in [0, 0.05) is 34.1 Å². The summed E-state index contributed by atoms with van der Waals surface area (Å²) < 4.78 is 0. The minimum Gasteiger partial charge on any atom is -0.376 e. The van der Waals surface area contributed by atoms with E-state index in [-0.39, 0.29) is 35.8 Å². The average Bonchev–Trinajstić information content (AvgIpc) is 2.71. The molecule has 0 fully saturated rings. The molecular weight excluding hydrogens is 392 g/mol. The minimum atomic E-state index is -0.347. The molecule has 0 saturated carbocycles. The highest BCUT2D eigenvalue weighted by Crippen LogP contribution is 2.13. The Morgan fingerprint density at radius 1 is 0.903 bits per heavy atom. The van der Waals surface area contributed by atoms with Crippen LogP contribution in [0, 0.1) is 0 Å². The van der Waals surface area contributed by atoms with E-state index in [9.17, 15) is 14.4 Å². The maximum atomic E-state index is 12.3. The van der Waals surface area contributed by atoms with Gasteiger partial charge in [-0.15, -0.1) is 0 Å². The van der Waals surface area contributed by atoms with Crippen LogP contribution in [0.25, 0.3) is 0 Å². The number of carbonyl (C=O) groups is 3. The highest BCUT2D eigenvalue weighted by molar-refractivity contribution is 5.98. The molecule has 166 valence electrons. The van der Waals surface area contributed by atoms with E-state index in [4.69, 9.17) is 0 Å². The third-order valence-corrected chi connectivity index (χ3v) is 4.46. The monoisotopic (exact) mass is 424 g/mol. The van der Waals surface area contributed by atoms with Crippen molar-refractivity contribution in [2.24, 2.45) is 0 Å². The molecule has 1 atom stereocenters. The van der Waals surface area contributed by atoms with E-state index in [1.54, 1.807) is 48.5 Å². The van der Waals surface area contributed by atoms with Crippen molar-refractivity contribution in [3.8, 4) is 0 Å². The summed E-state index contributed by atoms with van der Waals surface area (Å²) in [7, 11) is 0. The number of hydrogen-bond acceptors (Lipinski definition) is 4. The summed E-state index contributed by atoms with van der Waals surface area (Å²) in [5, 5.41) is 11.6. The Labute approximate surface area is 184 Å². The van der Waals surface area contributed by atoms with E-state index in [0.717, 1.165) is 6.42 Å². The molecule has 1 unspecified atom stereocenters. The van der Waals surface area contributed by atoms with Gasteiger partial charge in [-0.1, -0.05) is 19.1 Å². The summed E-state index contributed by atoms with van der Waals surface area (Å²) in [6.07, 6.45) is 0.850. The molecule has 0 heterocycles. The SMILES string of the molecule is CCC(C)NC(=O)c1cccc(NCC(=O)Nc2cccc(C(=O)NC(C)(C)C)c2)c1. The highest BCUT2D eigenvalue weighted by Gasteiger charge is 2.16. The molecule has 0 aromatic heterocycles. The van der Waals surface area contributed by atoms with Crippen LogP contribution in [-0.2, 0) is 4.79 Å². The Balaban J connectivity index is 1.94. The molecule has 2 rings (SSSR count). The van der Waals surface area contributed by atoms with Gasteiger partial charge in [-0.3, -0.25) is 14.4 Å². The molecule has 0 spiro atoms. The van der Waals surface area contributed by atoms with Gasteiger partial charge in [-0.05, 0) is 70.5 Å². The Kier molecular flexibility index (Phi) is 8.19. The summed E-state index contributed by atoms with van der Waals surface area (Å²) in [6.45, 7) is 9.71. The molecular formula is C24H32N4O3. The van der Waals surface area contributed by atoms with E-state index in [1.165, 1.54) is 0 Å². The number of rotatable bonds is 8. The van der Waals surface area contributed by atoms with Crippen LogP contribution in [0.3, 0.4) is 0 Å². The predicted molar refractivity (Wildman–Crippen MR) is 124 cm³/mol. The van der Waals surface area contributed by atoms with Crippen LogP contribution in [0.4, 0.5) is 11.4 Å². The first-order valence-electron chi connectivity index (χ1n) is 10.4. The first-order valence-corrected chi connectivity index (χ1v) is 10.4. The maximum absolute atomic E-state index is 12.3. The Bertz CT molecular complexity index is 934. The zero-order chi connectivity index (χ0) is 23.0. The second-order valence-corrected chi connectivity index (χ2v) is 8.55. The van der Waals surface area contributed by atoms with E-state index in [1.807, 2.05) is 34.6 Å². The van der Waals surface area contributed by atoms with Gasteiger partial charge in [0.05, 0.1) is 6.54 Å². The zero-order valence-electron chi connectivity index (χ0n) is 18.8. The predicted octanol–water partition coefficient (Wildman–Crippen LogP) is 3.79. The summed E-state index contributed by atoms with van der Waals surface area (Å²) in [5.41, 5.74) is 1.87. The van der Waals surface area contributed by atoms with E-state index in [2.05, 4.69) is 21.3 Å².